The van der Waals surface area contributed by atoms with Gasteiger partial charge in [-0.2, -0.15) is 0 Å². The highest BCUT2D eigenvalue weighted by Gasteiger charge is 2.20. The van der Waals surface area contributed by atoms with Gasteiger partial charge in [0.1, 0.15) is 5.78 Å². The lowest BCUT2D eigenvalue weighted by atomic mass is 9.94. The van der Waals surface area contributed by atoms with Crippen LogP contribution in [-0.4, -0.2) is 40.4 Å². The molecule has 0 spiro atoms. The summed E-state index contributed by atoms with van der Waals surface area (Å²) in [4.78, 5) is 45.3. The molecule has 0 saturated heterocycles. The third-order valence-corrected chi connectivity index (χ3v) is 6.54. The number of Topliss-reactive ketones (excluding diaryl/α,β-unsaturated/α-hetero) is 1. The molecule has 7 heteroatoms. The van der Waals surface area contributed by atoms with E-state index in [0.29, 0.717) is 38.6 Å². The van der Waals surface area contributed by atoms with Crippen molar-refractivity contribution in [2.24, 2.45) is 5.92 Å². The number of carboxylic acid groups (broad SMARTS) is 2. The van der Waals surface area contributed by atoms with Gasteiger partial charge in [0.25, 0.3) is 0 Å². The summed E-state index contributed by atoms with van der Waals surface area (Å²) < 4.78 is 0. The standard InChI is InChI=1S/C28H51NO6/c1-2-26(31)29-22-18-17-19-24(28(34)35)23-25(30)20-15-13-11-9-7-5-3-4-6-8-10-12-14-16-21-27(32)33/h24H,2-23H2,1H3,(H,29,31)(H,32,33)(H,34,35)/t24-/m0/s1. The second kappa shape index (κ2) is 23.8. The molecule has 0 bridgehead atoms. The van der Waals surface area contributed by atoms with E-state index in [-0.39, 0.29) is 18.1 Å². The van der Waals surface area contributed by atoms with Crippen LogP contribution in [0, 0.1) is 5.92 Å². The number of ketones is 1. The summed E-state index contributed by atoms with van der Waals surface area (Å²) in [6, 6.07) is 0. The van der Waals surface area contributed by atoms with Crippen molar-refractivity contribution in [3.63, 3.8) is 0 Å². The first-order chi connectivity index (χ1) is 16.9. The summed E-state index contributed by atoms with van der Waals surface area (Å²) in [5.41, 5.74) is 0. The number of carbonyl (C=O) groups is 4. The van der Waals surface area contributed by atoms with Crippen molar-refractivity contribution >= 4 is 23.6 Å². The fourth-order valence-electron chi connectivity index (χ4n) is 4.28. The van der Waals surface area contributed by atoms with E-state index in [1.165, 1.54) is 51.4 Å². The number of carboxylic acids is 2. The first-order valence-corrected chi connectivity index (χ1v) is 14.1. The monoisotopic (exact) mass is 497 g/mol. The van der Waals surface area contributed by atoms with Crippen LogP contribution >= 0.6 is 0 Å². The Morgan fingerprint density at radius 3 is 1.51 bits per heavy atom. The molecule has 0 fully saturated rings. The highest BCUT2D eigenvalue weighted by molar-refractivity contribution is 5.83. The smallest absolute Gasteiger partial charge is 0.306 e. The number of aliphatic carboxylic acids is 2. The number of unbranched alkanes of at least 4 members (excludes halogenated alkanes) is 14. The molecule has 0 heterocycles. The van der Waals surface area contributed by atoms with Gasteiger partial charge in [-0.1, -0.05) is 90.4 Å². The third-order valence-electron chi connectivity index (χ3n) is 6.54. The first kappa shape index (κ1) is 33.1. The van der Waals surface area contributed by atoms with Crippen molar-refractivity contribution in [1.29, 1.82) is 0 Å². The molecular weight excluding hydrogens is 446 g/mol. The van der Waals surface area contributed by atoms with Crippen molar-refractivity contribution in [1.82, 2.24) is 5.32 Å². The van der Waals surface area contributed by atoms with E-state index < -0.39 is 17.9 Å². The summed E-state index contributed by atoms with van der Waals surface area (Å²) in [7, 11) is 0. The molecule has 204 valence electrons. The number of amides is 1. The van der Waals surface area contributed by atoms with Gasteiger partial charge in [0.2, 0.25) is 5.91 Å². The lowest BCUT2D eigenvalue weighted by molar-refractivity contribution is -0.144. The van der Waals surface area contributed by atoms with Gasteiger partial charge >= 0.3 is 11.9 Å². The molecule has 0 aromatic rings. The number of hydrogen-bond donors (Lipinski definition) is 3. The largest absolute Gasteiger partial charge is 0.481 e. The molecule has 0 aromatic heterocycles. The summed E-state index contributed by atoms with van der Waals surface area (Å²) in [6.45, 7) is 2.36. The minimum atomic E-state index is -0.897. The molecule has 0 aliphatic rings. The number of rotatable bonds is 26. The van der Waals surface area contributed by atoms with Gasteiger partial charge in [0, 0.05) is 32.2 Å². The highest BCUT2D eigenvalue weighted by atomic mass is 16.4. The lowest BCUT2D eigenvalue weighted by Crippen LogP contribution is -2.23. The van der Waals surface area contributed by atoms with Crippen molar-refractivity contribution in [2.45, 2.75) is 142 Å². The second-order valence-corrected chi connectivity index (χ2v) is 9.82. The number of nitrogens with one attached hydrogen (secondary N) is 1. The van der Waals surface area contributed by atoms with Gasteiger partial charge in [0.15, 0.2) is 0 Å². The number of carbonyl (C=O) groups excluding carboxylic acids is 2. The summed E-state index contributed by atoms with van der Waals surface area (Å²) in [5, 5.41) is 20.8. The van der Waals surface area contributed by atoms with Crippen LogP contribution in [0.25, 0.3) is 0 Å². The Morgan fingerprint density at radius 2 is 1.09 bits per heavy atom. The Labute approximate surface area is 212 Å². The fourth-order valence-corrected chi connectivity index (χ4v) is 4.28. The molecule has 0 saturated carbocycles. The zero-order valence-corrected chi connectivity index (χ0v) is 22.2. The summed E-state index contributed by atoms with van der Waals surface area (Å²) >= 11 is 0. The Kier molecular flexibility index (Phi) is 22.5. The zero-order valence-electron chi connectivity index (χ0n) is 22.2. The molecular formula is C28H51NO6. The Balaban J connectivity index is 3.53. The second-order valence-electron chi connectivity index (χ2n) is 9.82. The maximum atomic E-state index is 12.2. The fraction of sp³-hybridized carbons (Fsp3) is 0.857. The van der Waals surface area contributed by atoms with E-state index in [1.807, 2.05) is 0 Å². The Morgan fingerprint density at radius 1 is 0.629 bits per heavy atom. The van der Waals surface area contributed by atoms with Gasteiger partial charge in [-0.3, -0.25) is 19.2 Å². The van der Waals surface area contributed by atoms with Gasteiger partial charge in [-0.15, -0.1) is 0 Å². The molecule has 3 N–H and O–H groups in total. The van der Waals surface area contributed by atoms with Crippen LogP contribution in [0.3, 0.4) is 0 Å². The molecule has 1 atom stereocenters. The molecule has 0 aliphatic heterocycles. The van der Waals surface area contributed by atoms with Gasteiger partial charge in [-0.05, 0) is 25.7 Å². The Bertz CT molecular complexity index is 578. The van der Waals surface area contributed by atoms with Crippen LogP contribution < -0.4 is 5.32 Å². The topological polar surface area (TPSA) is 121 Å². The van der Waals surface area contributed by atoms with Crippen LogP contribution in [0.1, 0.15) is 142 Å². The minimum absolute atomic E-state index is 0.00433. The molecule has 0 radical (unpaired) electrons. The molecule has 0 unspecified atom stereocenters. The van der Waals surface area contributed by atoms with Crippen molar-refractivity contribution in [2.75, 3.05) is 6.54 Å². The zero-order chi connectivity index (χ0) is 26.2. The van der Waals surface area contributed by atoms with Gasteiger partial charge < -0.3 is 15.5 Å². The highest BCUT2D eigenvalue weighted by Crippen LogP contribution is 2.17. The average Bonchev–Trinajstić information content (AvgIpc) is 2.82. The van der Waals surface area contributed by atoms with Crippen LogP contribution in [0.2, 0.25) is 0 Å². The van der Waals surface area contributed by atoms with Gasteiger partial charge in [-0.25, -0.2) is 0 Å². The third kappa shape index (κ3) is 23.6. The molecule has 7 nitrogen and oxygen atoms in total. The average molecular weight is 498 g/mol. The Hall–Kier alpha value is -1.92. The van der Waals surface area contributed by atoms with Crippen LogP contribution in [0.5, 0.6) is 0 Å². The van der Waals surface area contributed by atoms with Crippen LogP contribution in [0.4, 0.5) is 0 Å². The molecule has 1 amide bonds. The SMILES string of the molecule is CCC(=O)NCCCC[C@@H](CC(=O)CCCCCCCCCCCCCCCCC(=O)O)C(=O)O. The van der Waals surface area contributed by atoms with Gasteiger partial charge in [0.05, 0.1) is 5.92 Å². The first-order valence-electron chi connectivity index (χ1n) is 14.1. The van der Waals surface area contributed by atoms with Crippen LogP contribution in [0.15, 0.2) is 0 Å². The van der Waals surface area contributed by atoms with E-state index in [2.05, 4.69) is 5.32 Å². The summed E-state index contributed by atoms with van der Waals surface area (Å²) in [6.07, 6.45) is 19.2. The lowest BCUT2D eigenvalue weighted by Gasteiger charge is -2.12. The quantitative estimate of drug-likeness (QED) is 0.115. The molecule has 0 aliphatic carbocycles. The molecule has 0 rings (SSSR count). The predicted octanol–water partition coefficient (Wildman–Crippen LogP) is 6.67. The van der Waals surface area contributed by atoms with E-state index >= 15 is 0 Å². The maximum Gasteiger partial charge on any atom is 0.306 e. The van der Waals surface area contributed by atoms with Crippen molar-refractivity contribution in [3.8, 4) is 0 Å². The van der Waals surface area contributed by atoms with Crippen molar-refractivity contribution < 1.29 is 29.4 Å². The van der Waals surface area contributed by atoms with E-state index in [9.17, 15) is 24.3 Å². The molecule has 0 aromatic carbocycles. The predicted molar refractivity (Wildman–Crippen MR) is 139 cm³/mol. The van der Waals surface area contributed by atoms with E-state index in [0.717, 1.165) is 44.9 Å². The number of hydrogen-bond acceptors (Lipinski definition) is 4. The van der Waals surface area contributed by atoms with Crippen molar-refractivity contribution in [3.05, 3.63) is 0 Å². The van der Waals surface area contributed by atoms with Crippen LogP contribution in [-0.2, 0) is 19.2 Å². The molecule has 35 heavy (non-hydrogen) atoms. The van der Waals surface area contributed by atoms with E-state index in [4.69, 9.17) is 5.11 Å². The van der Waals surface area contributed by atoms with E-state index in [1.54, 1.807) is 6.92 Å². The minimum Gasteiger partial charge on any atom is -0.481 e. The maximum absolute atomic E-state index is 12.2. The normalized spacial score (nSPS) is 11.8. The summed E-state index contributed by atoms with van der Waals surface area (Å²) in [5.74, 6) is -2.14.